The lowest BCUT2D eigenvalue weighted by Crippen LogP contribution is -2.27. The molecule has 2 rings (SSSR count). The van der Waals surface area contributed by atoms with Crippen LogP contribution in [-0.4, -0.2) is 27.9 Å². The maximum Gasteiger partial charge on any atom is 0.264 e. The fourth-order valence-corrected chi connectivity index (χ4v) is 3.68. The Bertz CT molecular complexity index is 816. The standard InChI is InChI=1S/C20H26N2O3S/c1-16(2)13-14-21-20(23)15-17-9-11-18(12-10-17)22(3)26(24,25)19-7-5-4-6-8-19/h4-12,16H,13-15H2,1-3H3,(H,21,23). The molecular weight excluding hydrogens is 348 g/mol. The zero-order valence-corrected chi connectivity index (χ0v) is 16.3. The van der Waals surface area contributed by atoms with Crippen molar-refractivity contribution in [3.63, 3.8) is 0 Å². The van der Waals surface area contributed by atoms with E-state index in [1.54, 1.807) is 54.6 Å². The fraction of sp³-hybridized carbons (Fsp3) is 0.350. The van der Waals surface area contributed by atoms with Crippen LogP contribution < -0.4 is 9.62 Å². The summed E-state index contributed by atoms with van der Waals surface area (Å²) in [6.45, 7) is 4.91. The van der Waals surface area contributed by atoms with Gasteiger partial charge >= 0.3 is 0 Å². The quantitative estimate of drug-likeness (QED) is 0.771. The predicted molar refractivity (Wildman–Crippen MR) is 105 cm³/mol. The topological polar surface area (TPSA) is 66.5 Å². The lowest BCUT2D eigenvalue weighted by atomic mass is 10.1. The van der Waals surface area contributed by atoms with Crippen molar-refractivity contribution >= 4 is 21.6 Å². The molecule has 0 saturated carbocycles. The Morgan fingerprint density at radius 1 is 1.04 bits per heavy atom. The van der Waals surface area contributed by atoms with Crippen LogP contribution in [0.2, 0.25) is 0 Å². The number of carbonyl (C=O) groups is 1. The van der Waals surface area contributed by atoms with Gasteiger partial charge < -0.3 is 5.32 Å². The number of hydrogen-bond donors (Lipinski definition) is 1. The van der Waals surface area contributed by atoms with Crippen LogP contribution in [0, 0.1) is 5.92 Å². The van der Waals surface area contributed by atoms with Gasteiger partial charge in [-0.1, -0.05) is 44.2 Å². The molecule has 26 heavy (non-hydrogen) atoms. The number of hydrogen-bond acceptors (Lipinski definition) is 3. The highest BCUT2D eigenvalue weighted by Gasteiger charge is 2.20. The van der Waals surface area contributed by atoms with E-state index in [0.717, 1.165) is 12.0 Å². The van der Waals surface area contributed by atoms with E-state index in [0.29, 0.717) is 18.2 Å². The minimum absolute atomic E-state index is 0.0244. The van der Waals surface area contributed by atoms with Gasteiger partial charge in [-0.3, -0.25) is 9.10 Å². The van der Waals surface area contributed by atoms with Gasteiger partial charge in [-0.25, -0.2) is 8.42 Å². The van der Waals surface area contributed by atoms with Crippen molar-refractivity contribution in [2.75, 3.05) is 17.9 Å². The summed E-state index contributed by atoms with van der Waals surface area (Å²) >= 11 is 0. The molecule has 2 aromatic rings. The molecule has 1 N–H and O–H groups in total. The van der Waals surface area contributed by atoms with Gasteiger partial charge in [0.25, 0.3) is 10.0 Å². The van der Waals surface area contributed by atoms with Gasteiger partial charge in [-0.15, -0.1) is 0 Å². The summed E-state index contributed by atoms with van der Waals surface area (Å²) in [5.41, 5.74) is 1.40. The molecule has 0 radical (unpaired) electrons. The van der Waals surface area contributed by atoms with Crippen molar-refractivity contribution in [3.8, 4) is 0 Å². The van der Waals surface area contributed by atoms with Crippen LogP contribution in [0.3, 0.4) is 0 Å². The maximum absolute atomic E-state index is 12.6. The molecule has 0 bridgehead atoms. The molecule has 0 unspecified atom stereocenters. The number of sulfonamides is 1. The van der Waals surface area contributed by atoms with Gasteiger partial charge in [0.05, 0.1) is 17.0 Å². The molecule has 0 aliphatic rings. The fourth-order valence-electron chi connectivity index (χ4n) is 2.46. The number of amides is 1. The average molecular weight is 375 g/mol. The van der Waals surface area contributed by atoms with E-state index in [9.17, 15) is 13.2 Å². The van der Waals surface area contributed by atoms with E-state index in [-0.39, 0.29) is 17.2 Å². The summed E-state index contributed by atoms with van der Waals surface area (Å²) < 4.78 is 26.5. The molecule has 0 atom stereocenters. The normalized spacial score (nSPS) is 11.4. The molecule has 6 heteroatoms. The third-order valence-corrected chi connectivity index (χ3v) is 5.91. The number of benzene rings is 2. The first kappa shape index (κ1) is 20.0. The molecule has 1 amide bonds. The van der Waals surface area contributed by atoms with Crippen molar-refractivity contribution in [1.29, 1.82) is 0 Å². The molecule has 0 saturated heterocycles. The van der Waals surface area contributed by atoms with Gasteiger partial charge in [0.15, 0.2) is 0 Å². The van der Waals surface area contributed by atoms with Crippen LogP contribution >= 0.6 is 0 Å². The summed E-state index contributed by atoms with van der Waals surface area (Å²) in [5, 5.41) is 2.90. The minimum Gasteiger partial charge on any atom is -0.356 e. The Hall–Kier alpha value is -2.34. The van der Waals surface area contributed by atoms with Gasteiger partial charge in [0, 0.05) is 13.6 Å². The monoisotopic (exact) mass is 374 g/mol. The highest BCUT2D eigenvalue weighted by Crippen LogP contribution is 2.22. The first-order valence-corrected chi connectivity index (χ1v) is 10.1. The summed E-state index contributed by atoms with van der Waals surface area (Å²) in [5.74, 6) is 0.528. The maximum atomic E-state index is 12.6. The van der Waals surface area contributed by atoms with E-state index in [2.05, 4.69) is 19.2 Å². The second-order valence-electron chi connectivity index (χ2n) is 6.66. The van der Waals surface area contributed by atoms with Gasteiger partial charge in [-0.2, -0.15) is 0 Å². The van der Waals surface area contributed by atoms with E-state index in [1.807, 2.05) is 0 Å². The molecule has 0 aromatic heterocycles. The summed E-state index contributed by atoms with van der Waals surface area (Å²) in [6.07, 6.45) is 1.24. The van der Waals surface area contributed by atoms with Crippen molar-refractivity contribution in [1.82, 2.24) is 5.32 Å². The zero-order valence-electron chi connectivity index (χ0n) is 15.5. The second-order valence-corrected chi connectivity index (χ2v) is 8.63. The smallest absolute Gasteiger partial charge is 0.264 e. The van der Waals surface area contributed by atoms with Crippen molar-refractivity contribution in [2.45, 2.75) is 31.6 Å². The predicted octanol–water partition coefficient (Wildman–Crippen LogP) is 3.22. The van der Waals surface area contributed by atoms with Crippen LogP contribution in [0.15, 0.2) is 59.5 Å². The van der Waals surface area contributed by atoms with Crippen molar-refractivity contribution in [2.24, 2.45) is 5.92 Å². The van der Waals surface area contributed by atoms with Gasteiger partial charge in [0.2, 0.25) is 5.91 Å². The Balaban J connectivity index is 2.01. The molecule has 2 aromatic carbocycles. The summed E-state index contributed by atoms with van der Waals surface area (Å²) in [7, 11) is -2.07. The van der Waals surface area contributed by atoms with E-state index in [1.165, 1.54) is 11.4 Å². The first-order valence-electron chi connectivity index (χ1n) is 8.70. The number of nitrogens with one attached hydrogen (secondary N) is 1. The van der Waals surface area contributed by atoms with Crippen LogP contribution in [0.5, 0.6) is 0 Å². The molecule has 0 fully saturated rings. The molecule has 0 aliphatic carbocycles. The van der Waals surface area contributed by atoms with Crippen LogP contribution in [0.1, 0.15) is 25.8 Å². The number of rotatable bonds is 8. The Kier molecular flexibility index (Phi) is 6.80. The third-order valence-electron chi connectivity index (χ3n) is 4.11. The zero-order chi connectivity index (χ0) is 19.2. The lowest BCUT2D eigenvalue weighted by molar-refractivity contribution is -0.120. The second kappa shape index (κ2) is 8.85. The SMILES string of the molecule is CC(C)CCNC(=O)Cc1ccc(N(C)S(=O)(=O)c2ccccc2)cc1. The Labute approximate surface area is 156 Å². The highest BCUT2D eigenvalue weighted by molar-refractivity contribution is 7.92. The van der Waals surface area contributed by atoms with Crippen LogP contribution in [0.25, 0.3) is 0 Å². The molecular formula is C20H26N2O3S. The first-order chi connectivity index (χ1) is 12.3. The molecule has 0 heterocycles. The van der Waals surface area contributed by atoms with E-state index in [4.69, 9.17) is 0 Å². The summed E-state index contributed by atoms with van der Waals surface area (Å²) in [6, 6.07) is 15.3. The van der Waals surface area contributed by atoms with Crippen LogP contribution in [-0.2, 0) is 21.2 Å². The van der Waals surface area contributed by atoms with Gasteiger partial charge in [0.1, 0.15) is 0 Å². The van der Waals surface area contributed by atoms with E-state index < -0.39 is 10.0 Å². The molecule has 0 aliphatic heterocycles. The molecule has 5 nitrogen and oxygen atoms in total. The Morgan fingerprint density at radius 3 is 2.23 bits per heavy atom. The molecule has 0 spiro atoms. The average Bonchev–Trinajstić information content (AvgIpc) is 2.62. The Morgan fingerprint density at radius 2 is 1.65 bits per heavy atom. The highest BCUT2D eigenvalue weighted by atomic mass is 32.2. The number of nitrogens with zero attached hydrogens (tertiary/aromatic N) is 1. The number of carbonyl (C=O) groups excluding carboxylic acids is 1. The minimum atomic E-state index is -3.59. The van der Waals surface area contributed by atoms with Crippen molar-refractivity contribution < 1.29 is 13.2 Å². The lowest BCUT2D eigenvalue weighted by Gasteiger charge is -2.19. The van der Waals surface area contributed by atoms with Crippen molar-refractivity contribution in [3.05, 3.63) is 60.2 Å². The number of anilines is 1. The summed E-state index contributed by atoms with van der Waals surface area (Å²) in [4.78, 5) is 12.2. The van der Waals surface area contributed by atoms with Gasteiger partial charge in [-0.05, 0) is 42.2 Å². The third kappa shape index (κ3) is 5.33. The molecule has 140 valence electrons. The largest absolute Gasteiger partial charge is 0.356 e. The van der Waals surface area contributed by atoms with E-state index >= 15 is 0 Å². The van der Waals surface area contributed by atoms with Crippen LogP contribution in [0.4, 0.5) is 5.69 Å².